The van der Waals surface area contributed by atoms with E-state index in [1.165, 1.54) is 6.21 Å². The zero-order valence-corrected chi connectivity index (χ0v) is 21.6. The van der Waals surface area contributed by atoms with Crippen LogP contribution in [0.2, 0.25) is 0 Å². The van der Waals surface area contributed by atoms with Crippen molar-refractivity contribution in [3.05, 3.63) is 83.6 Å². The number of hydrogen-bond donors (Lipinski definition) is 4. The first kappa shape index (κ1) is 31.2. The van der Waals surface area contributed by atoms with Gasteiger partial charge in [-0.05, 0) is 29.3 Å². The number of hydrazone groups is 1. The number of amides is 1. The number of benzene rings is 2. The lowest BCUT2D eigenvalue weighted by molar-refractivity contribution is -0.192. The van der Waals surface area contributed by atoms with Crippen LogP contribution in [-0.2, 0) is 26.0 Å². The number of sulfonamides is 1. The maximum Gasteiger partial charge on any atom is 0.490 e. The number of anilines is 1. The quantitative estimate of drug-likeness (QED) is 0.178. The fraction of sp³-hybridized carbons (Fsp3) is 0.160. The number of nitrogens with two attached hydrogens (primary N) is 1. The van der Waals surface area contributed by atoms with E-state index in [1.807, 2.05) is 22.9 Å². The van der Waals surface area contributed by atoms with Gasteiger partial charge in [0.1, 0.15) is 11.9 Å². The van der Waals surface area contributed by atoms with E-state index >= 15 is 0 Å². The van der Waals surface area contributed by atoms with Crippen LogP contribution in [0.1, 0.15) is 16.7 Å². The van der Waals surface area contributed by atoms with E-state index < -0.39 is 34.1 Å². The summed E-state index contributed by atoms with van der Waals surface area (Å²) < 4.78 is 57.0. The molecular formula is C25H23F3N6O5S. The average Bonchev–Trinajstić information content (AvgIpc) is 2.88. The Morgan fingerprint density at radius 3 is 2.40 bits per heavy atom. The minimum Gasteiger partial charge on any atom is -0.475 e. The predicted molar refractivity (Wildman–Crippen MR) is 140 cm³/mol. The molecule has 0 saturated heterocycles. The minimum atomic E-state index is -5.08. The van der Waals surface area contributed by atoms with Crippen LogP contribution in [0.5, 0.6) is 0 Å². The van der Waals surface area contributed by atoms with Gasteiger partial charge in [0.25, 0.3) is 5.91 Å². The van der Waals surface area contributed by atoms with Crippen LogP contribution in [0.3, 0.4) is 0 Å². The second-order valence-electron chi connectivity index (χ2n) is 8.06. The summed E-state index contributed by atoms with van der Waals surface area (Å²) in [5.41, 5.74) is 3.52. The maximum absolute atomic E-state index is 12.7. The van der Waals surface area contributed by atoms with Gasteiger partial charge in [-0.1, -0.05) is 42.5 Å². The second-order valence-corrected chi connectivity index (χ2v) is 9.80. The largest absolute Gasteiger partial charge is 0.490 e. The van der Waals surface area contributed by atoms with E-state index in [1.54, 1.807) is 48.7 Å². The molecule has 3 rings (SSSR count). The summed E-state index contributed by atoms with van der Waals surface area (Å²) in [4.78, 5) is 25.9. The number of hydrogen-bond acceptors (Lipinski definition) is 9. The molecule has 1 heterocycles. The average molecular weight is 577 g/mol. The molecule has 0 aliphatic rings. The van der Waals surface area contributed by atoms with Gasteiger partial charge in [0, 0.05) is 23.7 Å². The zero-order chi connectivity index (χ0) is 29.9. The van der Waals surface area contributed by atoms with Crippen LogP contribution < -0.4 is 15.9 Å². The summed E-state index contributed by atoms with van der Waals surface area (Å²) >= 11 is 0. The van der Waals surface area contributed by atoms with Gasteiger partial charge < -0.3 is 16.3 Å². The van der Waals surface area contributed by atoms with E-state index in [4.69, 9.17) is 15.7 Å². The molecular weight excluding hydrogens is 553 g/mol. The third-order valence-electron chi connectivity index (χ3n) is 4.90. The van der Waals surface area contributed by atoms with Crippen molar-refractivity contribution in [2.24, 2.45) is 10.9 Å². The van der Waals surface area contributed by atoms with Crippen LogP contribution in [0.4, 0.5) is 19.0 Å². The van der Waals surface area contributed by atoms with Crippen LogP contribution >= 0.6 is 0 Å². The molecule has 0 aliphatic heterocycles. The summed E-state index contributed by atoms with van der Waals surface area (Å²) in [5.74, 6) is 2.11. The van der Waals surface area contributed by atoms with Crippen molar-refractivity contribution in [3.63, 3.8) is 0 Å². The number of carbonyl (C=O) groups is 2. The highest BCUT2D eigenvalue weighted by Crippen LogP contribution is 2.23. The van der Waals surface area contributed by atoms with Crippen molar-refractivity contribution in [3.8, 4) is 17.2 Å². The molecule has 1 atom stereocenters. The lowest BCUT2D eigenvalue weighted by atomic mass is 10.0. The summed E-state index contributed by atoms with van der Waals surface area (Å²) in [6.45, 7) is 0. The van der Waals surface area contributed by atoms with E-state index in [0.29, 0.717) is 11.4 Å². The van der Waals surface area contributed by atoms with Crippen molar-refractivity contribution in [2.75, 3.05) is 11.6 Å². The molecule has 1 amide bonds. The van der Waals surface area contributed by atoms with E-state index in [2.05, 4.69) is 21.5 Å². The number of carboxylic acid groups (broad SMARTS) is 1. The molecule has 0 bridgehead atoms. The fourth-order valence-electron chi connectivity index (χ4n) is 3.23. The molecule has 0 spiro atoms. The molecule has 5 N–H and O–H groups in total. The predicted octanol–water partition coefficient (Wildman–Crippen LogP) is 2.65. The van der Waals surface area contributed by atoms with Crippen LogP contribution in [0.25, 0.3) is 11.1 Å². The van der Waals surface area contributed by atoms with Gasteiger partial charge in [-0.15, -0.1) is 0 Å². The number of halogens is 3. The Bertz CT molecular complexity index is 1520. The highest BCUT2D eigenvalue weighted by atomic mass is 32.2. The van der Waals surface area contributed by atoms with Crippen molar-refractivity contribution >= 4 is 33.9 Å². The van der Waals surface area contributed by atoms with Gasteiger partial charge in [0.2, 0.25) is 10.0 Å². The number of pyridine rings is 1. The third-order valence-corrected chi connectivity index (χ3v) is 5.48. The lowest BCUT2D eigenvalue weighted by Crippen LogP contribution is -2.43. The molecule has 0 saturated carbocycles. The Kier molecular flexibility index (Phi) is 10.7. The SMILES string of the molecule is CS(=O)(=O)NC(=O)[C@H](Cc1cccc(C=NN)c1)Nc1ccc(-c2ccccc2C#N)cn1.O=C(O)C(F)(F)F. The van der Waals surface area contributed by atoms with Crippen molar-refractivity contribution in [1.29, 1.82) is 5.26 Å². The topological polar surface area (TPSA) is 188 Å². The molecule has 40 heavy (non-hydrogen) atoms. The van der Waals surface area contributed by atoms with E-state index in [9.17, 15) is 31.6 Å². The summed E-state index contributed by atoms with van der Waals surface area (Å²) in [6.07, 6.45) is -0.918. The molecule has 0 fully saturated rings. The summed E-state index contributed by atoms with van der Waals surface area (Å²) in [6, 6.07) is 19.0. The number of aliphatic carboxylic acids is 1. The Morgan fingerprint density at radius 2 is 1.85 bits per heavy atom. The zero-order valence-electron chi connectivity index (χ0n) is 20.8. The minimum absolute atomic E-state index is 0.189. The molecule has 0 aliphatic carbocycles. The normalized spacial score (nSPS) is 12.0. The molecule has 2 aromatic carbocycles. The van der Waals surface area contributed by atoms with Gasteiger partial charge in [0.15, 0.2) is 0 Å². The summed E-state index contributed by atoms with van der Waals surface area (Å²) in [5, 5.41) is 22.9. The second kappa shape index (κ2) is 13.7. The van der Waals surface area contributed by atoms with E-state index in [0.717, 1.165) is 28.5 Å². The Labute approximate surface area is 227 Å². The maximum atomic E-state index is 12.7. The fourth-order valence-corrected chi connectivity index (χ4v) is 3.74. The van der Waals surface area contributed by atoms with Crippen LogP contribution in [0, 0.1) is 11.3 Å². The standard InChI is InChI=1S/C23H22N6O3S.C2HF3O2/c1-33(31,32)29-23(30)21(12-16-5-4-6-17(11-16)14-27-25)28-22-10-9-19(15-26-22)20-8-3-2-7-18(20)13-24;3-2(4,5)1(6)7/h2-11,14-15,21H,12,25H2,1H3,(H,26,28)(H,29,30);(H,6,7)/t21-;/m0./s1. The number of carboxylic acids is 1. The molecule has 3 aromatic rings. The number of alkyl halides is 3. The molecule has 0 radical (unpaired) electrons. The number of nitriles is 1. The number of rotatable bonds is 8. The van der Waals surface area contributed by atoms with Gasteiger partial charge in [-0.2, -0.15) is 23.5 Å². The Hall–Kier alpha value is -4.97. The highest BCUT2D eigenvalue weighted by Gasteiger charge is 2.38. The first-order chi connectivity index (χ1) is 18.7. The van der Waals surface area contributed by atoms with Gasteiger partial charge >= 0.3 is 12.1 Å². The van der Waals surface area contributed by atoms with Crippen molar-refractivity contribution in [1.82, 2.24) is 9.71 Å². The first-order valence-electron chi connectivity index (χ1n) is 11.1. The monoisotopic (exact) mass is 576 g/mol. The summed E-state index contributed by atoms with van der Waals surface area (Å²) in [7, 11) is -3.75. The molecule has 1 aromatic heterocycles. The van der Waals surface area contributed by atoms with Crippen molar-refractivity contribution < 1.29 is 36.3 Å². The first-order valence-corrected chi connectivity index (χ1v) is 13.0. The van der Waals surface area contributed by atoms with Gasteiger partial charge in [-0.25, -0.2) is 18.2 Å². The Balaban J connectivity index is 0.000000708. The van der Waals surface area contributed by atoms with Crippen LogP contribution in [0.15, 0.2) is 72.0 Å². The smallest absolute Gasteiger partial charge is 0.475 e. The van der Waals surface area contributed by atoms with Gasteiger partial charge in [0.05, 0.1) is 24.1 Å². The number of nitrogens with one attached hydrogen (secondary N) is 2. The molecule has 210 valence electrons. The van der Waals surface area contributed by atoms with Crippen LogP contribution in [-0.4, -0.2) is 55.1 Å². The highest BCUT2D eigenvalue weighted by molar-refractivity contribution is 7.89. The Morgan fingerprint density at radius 1 is 1.18 bits per heavy atom. The van der Waals surface area contributed by atoms with Crippen molar-refractivity contribution in [2.45, 2.75) is 18.6 Å². The molecule has 0 unspecified atom stereocenters. The van der Waals surface area contributed by atoms with Gasteiger partial charge in [-0.3, -0.25) is 9.52 Å². The lowest BCUT2D eigenvalue weighted by Gasteiger charge is -2.19. The third kappa shape index (κ3) is 10.1. The number of carbonyl (C=O) groups excluding carboxylic acids is 1. The number of nitrogens with zero attached hydrogens (tertiary/aromatic N) is 3. The molecule has 11 nitrogen and oxygen atoms in total. The number of aromatic nitrogens is 1. The van der Waals surface area contributed by atoms with E-state index in [-0.39, 0.29) is 6.42 Å². The molecule has 15 heteroatoms.